The van der Waals surface area contributed by atoms with Crippen LogP contribution in [0.3, 0.4) is 0 Å². The fourth-order valence-corrected chi connectivity index (χ4v) is 1.62. The molecule has 0 unspecified atom stereocenters. The predicted molar refractivity (Wildman–Crippen MR) is 58.8 cm³/mol. The Labute approximate surface area is 106 Å². The van der Waals surface area contributed by atoms with Crippen molar-refractivity contribution in [3.05, 3.63) is 36.6 Å². The summed E-state index contributed by atoms with van der Waals surface area (Å²) in [6.45, 7) is 14.1. The van der Waals surface area contributed by atoms with Crippen molar-refractivity contribution in [1.29, 1.82) is 0 Å². The second-order valence-corrected chi connectivity index (χ2v) is 3.58. The van der Waals surface area contributed by atoms with Crippen molar-refractivity contribution in [3.8, 4) is 0 Å². The van der Waals surface area contributed by atoms with E-state index in [4.69, 9.17) is 4.74 Å². The average molecular weight is 378 g/mol. The minimum Gasteiger partial charge on any atom is -0.444 e. The SMILES string of the molecule is C=[C-]C1=C(C=C)N(C(C)C)CCOC1.[Re]. The van der Waals surface area contributed by atoms with Crippen LogP contribution in [0.1, 0.15) is 13.8 Å². The van der Waals surface area contributed by atoms with E-state index >= 15 is 0 Å². The summed E-state index contributed by atoms with van der Waals surface area (Å²) in [6.07, 6.45) is 4.78. The average Bonchev–Trinajstić information content (AvgIpc) is 2.38. The molecule has 0 N–H and O–H groups in total. The Morgan fingerprint density at radius 3 is 2.67 bits per heavy atom. The Morgan fingerprint density at radius 2 is 2.20 bits per heavy atom. The van der Waals surface area contributed by atoms with Crippen LogP contribution in [-0.4, -0.2) is 30.7 Å². The predicted octanol–water partition coefficient (Wildman–Crippen LogP) is 2.15. The number of hydrogen-bond acceptors (Lipinski definition) is 2. The summed E-state index contributed by atoms with van der Waals surface area (Å²) in [7, 11) is 0. The summed E-state index contributed by atoms with van der Waals surface area (Å²) >= 11 is 0. The molecule has 1 heterocycles. The fourth-order valence-electron chi connectivity index (χ4n) is 1.62. The normalized spacial score (nSPS) is 17.1. The van der Waals surface area contributed by atoms with Crippen molar-refractivity contribution in [3.63, 3.8) is 0 Å². The van der Waals surface area contributed by atoms with Crippen LogP contribution in [0, 0.1) is 6.08 Å². The topological polar surface area (TPSA) is 12.5 Å². The molecule has 0 amide bonds. The summed E-state index contributed by atoms with van der Waals surface area (Å²) < 4.78 is 5.46. The maximum atomic E-state index is 5.46. The number of nitrogens with zero attached hydrogens (tertiary/aromatic N) is 1. The van der Waals surface area contributed by atoms with Gasteiger partial charge in [-0.15, -0.1) is 18.4 Å². The van der Waals surface area contributed by atoms with Gasteiger partial charge in [-0.3, -0.25) is 6.08 Å². The first-order valence-corrected chi connectivity index (χ1v) is 4.93. The molecular formula is C12H18NORe-. The second kappa shape index (κ2) is 7.01. The van der Waals surface area contributed by atoms with E-state index in [1.165, 1.54) is 0 Å². The molecule has 3 heteroatoms. The number of ether oxygens (including phenoxy) is 1. The van der Waals surface area contributed by atoms with Crippen LogP contribution in [0.4, 0.5) is 0 Å². The Bertz CT molecular complexity index is 258. The smallest absolute Gasteiger partial charge is 0.0630 e. The molecule has 0 aromatic rings. The Hall–Kier alpha value is -0.358. The number of allylic oxidation sites excluding steroid dienone is 1. The molecule has 0 fully saturated rings. The van der Waals surface area contributed by atoms with Crippen molar-refractivity contribution in [2.24, 2.45) is 0 Å². The maximum Gasteiger partial charge on any atom is 0.0630 e. The minimum absolute atomic E-state index is 0. The van der Waals surface area contributed by atoms with E-state index in [-0.39, 0.29) is 20.4 Å². The van der Waals surface area contributed by atoms with Gasteiger partial charge >= 0.3 is 0 Å². The molecule has 0 spiro atoms. The number of hydrogen-bond donors (Lipinski definition) is 0. The van der Waals surface area contributed by atoms with Gasteiger partial charge in [-0.1, -0.05) is 0 Å². The number of rotatable bonds is 3. The third-order valence-electron chi connectivity index (χ3n) is 2.37. The zero-order valence-electron chi connectivity index (χ0n) is 9.42. The third kappa shape index (κ3) is 3.61. The van der Waals surface area contributed by atoms with Crippen LogP contribution in [-0.2, 0) is 25.2 Å². The largest absolute Gasteiger partial charge is 0.444 e. The Morgan fingerprint density at radius 1 is 1.53 bits per heavy atom. The van der Waals surface area contributed by atoms with E-state index in [2.05, 4.69) is 38.0 Å². The van der Waals surface area contributed by atoms with Gasteiger partial charge in [0, 0.05) is 39.6 Å². The minimum atomic E-state index is 0. The molecule has 0 saturated carbocycles. The molecule has 2 nitrogen and oxygen atoms in total. The van der Waals surface area contributed by atoms with E-state index < -0.39 is 0 Å². The molecule has 1 aliphatic rings. The molecule has 85 valence electrons. The van der Waals surface area contributed by atoms with Gasteiger partial charge in [0.2, 0.25) is 0 Å². The molecular weight excluding hydrogens is 360 g/mol. The van der Waals surface area contributed by atoms with Gasteiger partial charge in [-0.05, 0) is 13.8 Å². The van der Waals surface area contributed by atoms with Crippen LogP contribution in [0.25, 0.3) is 0 Å². The first-order valence-electron chi connectivity index (χ1n) is 4.93. The van der Waals surface area contributed by atoms with Gasteiger partial charge in [0.15, 0.2) is 0 Å². The Kier molecular flexibility index (Phi) is 6.84. The maximum absolute atomic E-state index is 5.46. The van der Waals surface area contributed by atoms with Crippen molar-refractivity contribution in [2.45, 2.75) is 19.9 Å². The van der Waals surface area contributed by atoms with Gasteiger partial charge in [0.1, 0.15) is 0 Å². The summed E-state index contributed by atoms with van der Waals surface area (Å²) in [5.74, 6) is 0. The zero-order valence-corrected chi connectivity index (χ0v) is 12.1. The van der Waals surface area contributed by atoms with E-state index in [0.29, 0.717) is 12.6 Å². The van der Waals surface area contributed by atoms with E-state index in [1.807, 2.05) is 6.08 Å². The first-order chi connectivity index (χ1) is 6.70. The van der Waals surface area contributed by atoms with Crippen LogP contribution in [0.5, 0.6) is 0 Å². The molecule has 1 aliphatic heterocycles. The molecule has 0 atom stereocenters. The molecule has 0 aliphatic carbocycles. The molecule has 0 aromatic carbocycles. The molecule has 1 rings (SSSR count). The first kappa shape index (κ1) is 14.6. The van der Waals surface area contributed by atoms with Gasteiger partial charge in [-0.25, -0.2) is 0 Å². The zero-order chi connectivity index (χ0) is 10.6. The van der Waals surface area contributed by atoms with Crippen LogP contribution in [0.2, 0.25) is 0 Å². The van der Waals surface area contributed by atoms with Gasteiger partial charge in [-0.2, -0.15) is 12.2 Å². The van der Waals surface area contributed by atoms with Crippen LogP contribution in [0.15, 0.2) is 30.5 Å². The second-order valence-electron chi connectivity index (χ2n) is 3.58. The van der Waals surface area contributed by atoms with Gasteiger partial charge < -0.3 is 9.64 Å². The van der Waals surface area contributed by atoms with Crippen LogP contribution < -0.4 is 0 Å². The van der Waals surface area contributed by atoms with E-state index in [9.17, 15) is 0 Å². The molecule has 0 saturated heterocycles. The third-order valence-corrected chi connectivity index (χ3v) is 2.37. The summed E-state index contributed by atoms with van der Waals surface area (Å²) in [4.78, 5) is 2.27. The van der Waals surface area contributed by atoms with Gasteiger partial charge in [0.05, 0.1) is 6.61 Å². The molecule has 15 heavy (non-hydrogen) atoms. The van der Waals surface area contributed by atoms with E-state index in [0.717, 1.165) is 24.4 Å². The summed E-state index contributed by atoms with van der Waals surface area (Å²) in [5.41, 5.74) is 2.11. The standard InChI is InChI=1S/C12H18NO.Re/c1-5-11-9-14-8-7-13(10(3)4)12(11)6-2;/h6,10H,1-2,7-9H2,3-4H3;/q-1;. The summed E-state index contributed by atoms with van der Waals surface area (Å²) in [6, 6.07) is 0.452. The van der Waals surface area contributed by atoms with E-state index in [1.54, 1.807) is 0 Å². The molecule has 1 radical (unpaired) electrons. The van der Waals surface area contributed by atoms with Crippen molar-refractivity contribution < 1.29 is 25.2 Å². The monoisotopic (exact) mass is 379 g/mol. The quantitative estimate of drug-likeness (QED) is 0.698. The Balaban J connectivity index is 0.00000196. The molecule has 0 bridgehead atoms. The van der Waals surface area contributed by atoms with Crippen molar-refractivity contribution in [2.75, 3.05) is 19.8 Å². The van der Waals surface area contributed by atoms with Crippen molar-refractivity contribution >= 4 is 0 Å². The molecule has 0 aromatic heterocycles. The summed E-state index contributed by atoms with van der Waals surface area (Å²) in [5, 5.41) is 0. The fraction of sp³-hybridized carbons (Fsp3) is 0.500. The van der Waals surface area contributed by atoms with Crippen molar-refractivity contribution in [1.82, 2.24) is 4.90 Å². The van der Waals surface area contributed by atoms with Crippen LogP contribution >= 0.6 is 0 Å². The van der Waals surface area contributed by atoms with Gasteiger partial charge in [0.25, 0.3) is 0 Å².